The topological polar surface area (TPSA) is 106 Å². The SMILES string of the molecule is Nc1nc(Cc2cccc(C(=O)NCCO)c2)cn2c1nc1cc(C(F)(F)F)ccc12. The monoisotopic (exact) mass is 429 g/mol. The van der Waals surface area contributed by atoms with Gasteiger partial charge in [0.2, 0.25) is 0 Å². The second-order valence-corrected chi connectivity index (χ2v) is 6.98. The Labute approximate surface area is 174 Å². The standard InChI is InChI=1S/C21H18F3N5O2/c22-21(23,24)14-4-5-17-16(10-14)28-19-18(25)27-15(11-29(17)19)9-12-2-1-3-13(8-12)20(31)26-6-7-30/h1-5,8,10-11,30H,6-7,9H2,(H2,25,27)(H,26,31). The number of halogens is 3. The number of alkyl halides is 3. The lowest BCUT2D eigenvalue weighted by Crippen LogP contribution is -2.26. The van der Waals surface area contributed by atoms with Gasteiger partial charge in [0.15, 0.2) is 11.5 Å². The molecular formula is C21H18F3N5O2. The zero-order valence-corrected chi connectivity index (χ0v) is 16.1. The van der Waals surface area contributed by atoms with Gasteiger partial charge in [-0.2, -0.15) is 13.2 Å². The van der Waals surface area contributed by atoms with Gasteiger partial charge in [-0.05, 0) is 35.9 Å². The minimum Gasteiger partial charge on any atom is -0.395 e. The predicted molar refractivity (Wildman–Crippen MR) is 109 cm³/mol. The molecule has 4 N–H and O–H groups in total. The Morgan fingerprint density at radius 3 is 2.71 bits per heavy atom. The maximum Gasteiger partial charge on any atom is 0.416 e. The first-order chi connectivity index (χ1) is 14.8. The zero-order chi connectivity index (χ0) is 22.2. The maximum atomic E-state index is 13.0. The summed E-state index contributed by atoms with van der Waals surface area (Å²) in [6.45, 7) is -0.000455. The number of amides is 1. The van der Waals surface area contributed by atoms with Gasteiger partial charge in [-0.25, -0.2) is 9.97 Å². The van der Waals surface area contributed by atoms with Crippen molar-refractivity contribution in [1.29, 1.82) is 0 Å². The Hall–Kier alpha value is -3.66. The number of nitrogen functional groups attached to an aromatic ring is 1. The molecule has 2 aromatic heterocycles. The van der Waals surface area contributed by atoms with Crippen LogP contribution in [0.4, 0.5) is 19.0 Å². The Morgan fingerprint density at radius 1 is 1.16 bits per heavy atom. The van der Waals surface area contributed by atoms with Gasteiger partial charge >= 0.3 is 6.18 Å². The molecule has 4 rings (SSSR count). The summed E-state index contributed by atoms with van der Waals surface area (Å²) >= 11 is 0. The summed E-state index contributed by atoms with van der Waals surface area (Å²) in [5.74, 6) is -0.209. The minimum absolute atomic E-state index is 0.0964. The van der Waals surface area contributed by atoms with Gasteiger partial charge in [0.1, 0.15) is 0 Å². The molecule has 4 aromatic rings. The molecule has 1 amide bonds. The molecule has 0 radical (unpaired) electrons. The fraction of sp³-hybridized carbons (Fsp3) is 0.190. The summed E-state index contributed by atoms with van der Waals surface area (Å²) in [7, 11) is 0. The summed E-state index contributed by atoms with van der Waals surface area (Å²) in [5, 5.41) is 11.4. The number of nitrogens with zero attached hydrogens (tertiary/aromatic N) is 3. The van der Waals surface area contributed by atoms with E-state index in [4.69, 9.17) is 10.8 Å². The van der Waals surface area contributed by atoms with Gasteiger partial charge in [0.25, 0.3) is 5.91 Å². The van der Waals surface area contributed by atoms with E-state index in [9.17, 15) is 18.0 Å². The van der Waals surface area contributed by atoms with Gasteiger partial charge < -0.3 is 16.2 Å². The molecule has 160 valence electrons. The summed E-state index contributed by atoms with van der Waals surface area (Å²) in [6.07, 6.45) is -2.44. The van der Waals surface area contributed by atoms with Crippen molar-refractivity contribution in [2.45, 2.75) is 12.6 Å². The highest BCUT2D eigenvalue weighted by molar-refractivity contribution is 5.94. The normalized spacial score (nSPS) is 11.9. The van der Waals surface area contributed by atoms with E-state index < -0.39 is 11.7 Å². The molecule has 0 aliphatic heterocycles. The lowest BCUT2D eigenvalue weighted by molar-refractivity contribution is -0.137. The fourth-order valence-corrected chi connectivity index (χ4v) is 3.36. The van der Waals surface area contributed by atoms with E-state index >= 15 is 0 Å². The van der Waals surface area contributed by atoms with Crippen molar-refractivity contribution in [3.8, 4) is 0 Å². The van der Waals surface area contributed by atoms with E-state index in [0.717, 1.165) is 17.7 Å². The number of benzene rings is 2. The molecule has 0 saturated heterocycles. The average molecular weight is 429 g/mol. The number of nitrogens with two attached hydrogens (primary N) is 1. The first-order valence-corrected chi connectivity index (χ1v) is 9.38. The van der Waals surface area contributed by atoms with Crippen molar-refractivity contribution < 1.29 is 23.1 Å². The van der Waals surface area contributed by atoms with Gasteiger partial charge in [-0.3, -0.25) is 9.20 Å². The number of aliphatic hydroxyl groups is 1. The van der Waals surface area contributed by atoms with Crippen LogP contribution >= 0.6 is 0 Å². The third-order valence-corrected chi connectivity index (χ3v) is 4.76. The van der Waals surface area contributed by atoms with Crippen LogP contribution in [0.3, 0.4) is 0 Å². The van der Waals surface area contributed by atoms with Crippen molar-refractivity contribution in [2.75, 3.05) is 18.9 Å². The highest BCUT2D eigenvalue weighted by atomic mass is 19.4. The van der Waals surface area contributed by atoms with Gasteiger partial charge in [-0.1, -0.05) is 12.1 Å². The second kappa shape index (κ2) is 7.88. The molecule has 31 heavy (non-hydrogen) atoms. The van der Waals surface area contributed by atoms with Crippen LogP contribution in [0.25, 0.3) is 16.7 Å². The van der Waals surface area contributed by atoms with E-state index in [1.165, 1.54) is 6.07 Å². The molecule has 0 aliphatic rings. The molecule has 0 unspecified atom stereocenters. The second-order valence-electron chi connectivity index (χ2n) is 6.98. The van der Waals surface area contributed by atoms with Gasteiger partial charge in [0.05, 0.1) is 28.9 Å². The summed E-state index contributed by atoms with van der Waals surface area (Å²) < 4.78 is 40.6. The molecular weight excluding hydrogens is 411 g/mol. The molecule has 0 fully saturated rings. The lowest BCUT2D eigenvalue weighted by Gasteiger charge is -2.08. The van der Waals surface area contributed by atoms with Crippen molar-refractivity contribution in [3.05, 3.63) is 71.0 Å². The van der Waals surface area contributed by atoms with Gasteiger partial charge in [0, 0.05) is 24.7 Å². The van der Waals surface area contributed by atoms with E-state index in [-0.39, 0.29) is 36.0 Å². The van der Waals surface area contributed by atoms with Crippen LogP contribution in [0, 0.1) is 0 Å². The number of imidazole rings is 1. The molecule has 7 nitrogen and oxygen atoms in total. The van der Waals surface area contributed by atoms with Gasteiger partial charge in [-0.15, -0.1) is 0 Å². The fourth-order valence-electron chi connectivity index (χ4n) is 3.36. The van der Waals surface area contributed by atoms with Crippen LogP contribution in [0.2, 0.25) is 0 Å². The number of carbonyl (C=O) groups is 1. The van der Waals surface area contributed by atoms with E-state index in [2.05, 4.69) is 15.3 Å². The Bertz CT molecular complexity index is 1280. The number of rotatable bonds is 5. The minimum atomic E-state index is -4.46. The first kappa shape index (κ1) is 20.6. The number of anilines is 1. The molecule has 0 spiro atoms. The Morgan fingerprint density at radius 2 is 1.97 bits per heavy atom. The Kier molecular flexibility index (Phi) is 5.24. The molecule has 0 bridgehead atoms. The third-order valence-electron chi connectivity index (χ3n) is 4.76. The van der Waals surface area contributed by atoms with Crippen LogP contribution < -0.4 is 11.1 Å². The average Bonchev–Trinajstić information content (AvgIpc) is 3.10. The zero-order valence-electron chi connectivity index (χ0n) is 16.1. The van der Waals surface area contributed by atoms with Crippen LogP contribution in [-0.2, 0) is 12.6 Å². The number of fused-ring (bicyclic) bond motifs is 3. The maximum absolute atomic E-state index is 13.0. The number of nitrogens with one attached hydrogen (secondary N) is 1. The quantitative estimate of drug-likeness (QED) is 0.453. The van der Waals surface area contributed by atoms with Crippen molar-refractivity contribution in [2.24, 2.45) is 0 Å². The van der Waals surface area contributed by atoms with E-state index in [0.29, 0.717) is 23.2 Å². The van der Waals surface area contributed by atoms with Crippen molar-refractivity contribution in [3.63, 3.8) is 0 Å². The summed E-state index contributed by atoms with van der Waals surface area (Å²) in [4.78, 5) is 20.6. The molecule has 0 atom stereocenters. The number of hydrogen-bond donors (Lipinski definition) is 3. The number of hydrogen-bond acceptors (Lipinski definition) is 5. The first-order valence-electron chi connectivity index (χ1n) is 9.38. The molecule has 2 heterocycles. The largest absolute Gasteiger partial charge is 0.416 e. The van der Waals surface area contributed by atoms with Crippen LogP contribution in [0.15, 0.2) is 48.7 Å². The van der Waals surface area contributed by atoms with Crippen LogP contribution in [0.5, 0.6) is 0 Å². The lowest BCUT2D eigenvalue weighted by atomic mass is 10.1. The molecule has 0 saturated carbocycles. The highest BCUT2D eigenvalue weighted by Crippen LogP contribution is 2.32. The number of aliphatic hydroxyl groups excluding tert-OH is 1. The Balaban J connectivity index is 1.69. The summed E-state index contributed by atoms with van der Waals surface area (Å²) in [6, 6.07) is 10.3. The third kappa shape index (κ3) is 4.15. The van der Waals surface area contributed by atoms with Crippen molar-refractivity contribution in [1.82, 2.24) is 19.7 Å². The highest BCUT2D eigenvalue weighted by Gasteiger charge is 2.31. The number of aromatic nitrogens is 3. The van der Waals surface area contributed by atoms with E-state index in [1.54, 1.807) is 28.8 Å². The van der Waals surface area contributed by atoms with E-state index in [1.807, 2.05) is 6.07 Å². The molecule has 10 heteroatoms. The molecule has 0 aliphatic carbocycles. The van der Waals surface area contributed by atoms with Crippen LogP contribution in [0.1, 0.15) is 27.2 Å². The van der Waals surface area contributed by atoms with Crippen LogP contribution in [-0.4, -0.2) is 38.5 Å². The smallest absolute Gasteiger partial charge is 0.395 e. The summed E-state index contributed by atoms with van der Waals surface area (Å²) in [5.41, 5.74) is 7.97. The molecule has 2 aromatic carbocycles. The number of carbonyl (C=O) groups excluding carboxylic acids is 1. The van der Waals surface area contributed by atoms with Crippen molar-refractivity contribution >= 4 is 28.4 Å². The predicted octanol–water partition coefficient (Wildman–Crippen LogP) is 2.80.